The van der Waals surface area contributed by atoms with E-state index in [-0.39, 0.29) is 18.5 Å². The summed E-state index contributed by atoms with van der Waals surface area (Å²) in [4.78, 5) is 34.9. The standard InChI is InChI=1S/C32H43N7O2/c1-6-23(3)27-13-9-8-11-24(27)18-37-20-28-29(21-37)34-32(41-22-25-12-10-14-36(25)5)35-31(28)38-15-16-39(30(40)7-2)26(19-38)17-33-4/h7-9,11,13,23,25-26H,2,6,10,12,14-22H2,1,3,5H3/t23?,25-,26-/m0/s1. The van der Waals surface area contributed by atoms with Crippen molar-refractivity contribution in [1.29, 1.82) is 0 Å². The van der Waals surface area contributed by atoms with Crippen molar-refractivity contribution in [3.05, 3.63) is 70.7 Å². The molecule has 41 heavy (non-hydrogen) atoms. The third-order valence-electron chi connectivity index (χ3n) is 9.02. The first-order chi connectivity index (χ1) is 19.9. The van der Waals surface area contributed by atoms with Crippen molar-refractivity contribution in [1.82, 2.24) is 24.7 Å². The highest BCUT2D eigenvalue weighted by atomic mass is 16.5. The number of piperazine rings is 1. The predicted molar refractivity (Wildman–Crippen MR) is 161 cm³/mol. The Morgan fingerprint density at radius 2 is 2.05 bits per heavy atom. The molecule has 2 aromatic rings. The van der Waals surface area contributed by atoms with Gasteiger partial charge in [-0.2, -0.15) is 9.97 Å². The lowest BCUT2D eigenvalue weighted by molar-refractivity contribution is -0.128. The quantitative estimate of drug-likeness (QED) is 0.322. The van der Waals surface area contributed by atoms with Gasteiger partial charge < -0.3 is 24.3 Å². The maximum Gasteiger partial charge on any atom is 0.318 e. The molecule has 5 rings (SSSR count). The molecule has 0 spiro atoms. The van der Waals surface area contributed by atoms with Gasteiger partial charge in [0.05, 0.1) is 5.69 Å². The maximum absolute atomic E-state index is 12.5. The maximum atomic E-state index is 12.5. The van der Waals surface area contributed by atoms with Crippen molar-refractivity contribution in [2.75, 3.05) is 51.3 Å². The van der Waals surface area contributed by atoms with E-state index in [2.05, 4.69) is 71.3 Å². The monoisotopic (exact) mass is 557 g/mol. The van der Waals surface area contributed by atoms with E-state index in [4.69, 9.17) is 21.3 Å². The van der Waals surface area contributed by atoms with Crippen LogP contribution in [-0.2, 0) is 24.4 Å². The number of amides is 1. The molecule has 218 valence electrons. The lowest BCUT2D eigenvalue weighted by Gasteiger charge is -2.40. The summed E-state index contributed by atoms with van der Waals surface area (Å²) in [6.45, 7) is 21.6. The third-order valence-corrected chi connectivity index (χ3v) is 9.02. The fourth-order valence-electron chi connectivity index (χ4n) is 6.41. The van der Waals surface area contributed by atoms with Gasteiger partial charge >= 0.3 is 6.01 Å². The molecule has 4 heterocycles. The average molecular weight is 558 g/mol. The number of hydrogen-bond acceptors (Lipinski definition) is 7. The summed E-state index contributed by atoms with van der Waals surface area (Å²) in [7, 11) is 2.15. The molecule has 2 fully saturated rings. The lowest BCUT2D eigenvalue weighted by Crippen LogP contribution is -2.56. The van der Waals surface area contributed by atoms with Crippen LogP contribution in [0.25, 0.3) is 4.85 Å². The molecule has 0 saturated carbocycles. The smallest absolute Gasteiger partial charge is 0.318 e. The van der Waals surface area contributed by atoms with Crippen LogP contribution in [0.4, 0.5) is 5.82 Å². The fraction of sp³-hybridized carbons (Fsp3) is 0.562. The number of fused-ring (bicyclic) bond motifs is 1. The largest absolute Gasteiger partial charge is 0.462 e. The van der Waals surface area contributed by atoms with Crippen LogP contribution in [0.1, 0.15) is 61.4 Å². The molecule has 3 aliphatic rings. The summed E-state index contributed by atoms with van der Waals surface area (Å²) in [6, 6.07) is 9.35. The molecule has 9 nitrogen and oxygen atoms in total. The van der Waals surface area contributed by atoms with E-state index < -0.39 is 0 Å². The number of nitrogens with zero attached hydrogens (tertiary/aromatic N) is 7. The zero-order valence-electron chi connectivity index (χ0n) is 24.8. The van der Waals surface area contributed by atoms with E-state index in [9.17, 15) is 4.79 Å². The third kappa shape index (κ3) is 6.39. The Hall–Kier alpha value is -3.48. The van der Waals surface area contributed by atoms with Crippen LogP contribution in [0.2, 0.25) is 0 Å². The van der Waals surface area contributed by atoms with Gasteiger partial charge in [-0.05, 0) is 56.0 Å². The van der Waals surface area contributed by atoms with Crippen molar-refractivity contribution in [3.63, 3.8) is 0 Å². The minimum atomic E-state index is -0.214. The van der Waals surface area contributed by atoms with Gasteiger partial charge in [0.1, 0.15) is 18.5 Å². The molecular formula is C32H43N7O2. The number of benzene rings is 1. The number of likely N-dealkylation sites (N-methyl/N-ethyl adjacent to an activating group) is 1. The predicted octanol–water partition coefficient (Wildman–Crippen LogP) is 4.10. The summed E-state index contributed by atoms with van der Waals surface area (Å²) in [5.74, 6) is 1.26. The van der Waals surface area contributed by atoms with E-state index in [1.165, 1.54) is 23.6 Å². The van der Waals surface area contributed by atoms with Crippen molar-refractivity contribution in [3.8, 4) is 6.01 Å². The topological polar surface area (TPSA) is 69.4 Å². The van der Waals surface area contributed by atoms with Crippen LogP contribution < -0.4 is 9.64 Å². The Kier molecular flexibility index (Phi) is 9.21. The number of aromatic nitrogens is 2. The van der Waals surface area contributed by atoms with Crippen LogP contribution in [0.3, 0.4) is 0 Å². The Balaban J connectivity index is 1.41. The molecule has 3 aliphatic heterocycles. The van der Waals surface area contributed by atoms with Crippen molar-refractivity contribution < 1.29 is 9.53 Å². The van der Waals surface area contributed by atoms with Crippen LogP contribution >= 0.6 is 0 Å². The second-order valence-electron chi connectivity index (χ2n) is 11.7. The van der Waals surface area contributed by atoms with Gasteiger partial charge in [-0.15, -0.1) is 0 Å². The molecule has 1 unspecified atom stereocenters. The normalized spacial score (nSPS) is 21.9. The highest BCUT2D eigenvalue weighted by Gasteiger charge is 2.35. The zero-order valence-corrected chi connectivity index (χ0v) is 24.8. The first-order valence-electron chi connectivity index (χ1n) is 15.0. The second kappa shape index (κ2) is 13.0. The van der Waals surface area contributed by atoms with Crippen LogP contribution in [-0.4, -0.2) is 89.0 Å². The number of carbonyl (C=O) groups excluding carboxylic acids is 1. The van der Waals surface area contributed by atoms with Gasteiger partial charge in [0.25, 0.3) is 0 Å². The van der Waals surface area contributed by atoms with E-state index in [0.717, 1.165) is 56.1 Å². The first-order valence-corrected chi connectivity index (χ1v) is 15.0. The summed E-state index contributed by atoms with van der Waals surface area (Å²) in [5, 5.41) is 0. The zero-order chi connectivity index (χ0) is 28.9. The van der Waals surface area contributed by atoms with Crippen molar-refractivity contribution >= 4 is 11.7 Å². The molecule has 0 radical (unpaired) electrons. The second-order valence-corrected chi connectivity index (χ2v) is 11.7. The highest BCUT2D eigenvalue weighted by molar-refractivity contribution is 5.87. The van der Waals surface area contributed by atoms with Crippen LogP contribution in [0.15, 0.2) is 36.9 Å². The Morgan fingerprint density at radius 1 is 1.22 bits per heavy atom. The minimum Gasteiger partial charge on any atom is -0.462 e. The van der Waals surface area contributed by atoms with Gasteiger partial charge in [0.2, 0.25) is 12.5 Å². The number of rotatable bonds is 10. The molecule has 0 bridgehead atoms. The first kappa shape index (κ1) is 29.0. The van der Waals surface area contributed by atoms with E-state index in [0.29, 0.717) is 44.2 Å². The van der Waals surface area contributed by atoms with E-state index in [1.807, 2.05) is 0 Å². The van der Waals surface area contributed by atoms with E-state index in [1.54, 1.807) is 4.90 Å². The fourth-order valence-corrected chi connectivity index (χ4v) is 6.41. The molecule has 9 heteroatoms. The minimum absolute atomic E-state index is 0.123. The molecule has 3 atom stereocenters. The molecule has 0 N–H and O–H groups in total. The van der Waals surface area contributed by atoms with Gasteiger partial charge in [0.15, 0.2) is 0 Å². The summed E-state index contributed by atoms with van der Waals surface area (Å²) in [5.41, 5.74) is 4.91. The van der Waals surface area contributed by atoms with Crippen molar-refractivity contribution in [2.24, 2.45) is 0 Å². The van der Waals surface area contributed by atoms with E-state index >= 15 is 0 Å². The number of likely N-dealkylation sites (tertiary alicyclic amines) is 1. The molecule has 0 aliphatic carbocycles. The number of carbonyl (C=O) groups is 1. The number of ether oxygens (including phenoxy) is 1. The lowest BCUT2D eigenvalue weighted by atomic mass is 9.93. The summed E-state index contributed by atoms with van der Waals surface area (Å²) >= 11 is 0. The van der Waals surface area contributed by atoms with Crippen LogP contribution in [0, 0.1) is 6.57 Å². The summed E-state index contributed by atoms with van der Waals surface area (Å²) in [6.07, 6.45) is 4.76. The SMILES string of the molecule is [C-]#[N+]C[C@H]1CN(c2nc(OC[C@@H]3CCCN3C)nc3c2CN(Cc2ccccc2C(C)CC)C3)CCN1C(=O)C=C. The molecule has 2 saturated heterocycles. The van der Waals surface area contributed by atoms with Gasteiger partial charge in [-0.1, -0.05) is 44.7 Å². The average Bonchev–Trinajstić information content (AvgIpc) is 3.60. The molecular weight excluding hydrogens is 514 g/mol. The van der Waals surface area contributed by atoms with Gasteiger partial charge in [-0.25, -0.2) is 6.57 Å². The Labute approximate surface area is 244 Å². The molecule has 1 aromatic heterocycles. The van der Waals surface area contributed by atoms with Crippen LogP contribution in [0.5, 0.6) is 6.01 Å². The molecule has 1 amide bonds. The number of hydrogen-bond donors (Lipinski definition) is 0. The highest BCUT2D eigenvalue weighted by Crippen LogP contribution is 2.34. The summed E-state index contributed by atoms with van der Waals surface area (Å²) < 4.78 is 6.25. The van der Waals surface area contributed by atoms with Crippen molar-refractivity contribution in [2.45, 2.75) is 70.7 Å². The number of anilines is 1. The Bertz CT molecular complexity index is 1290. The van der Waals surface area contributed by atoms with Gasteiger partial charge in [0, 0.05) is 50.9 Å². The van der Waals surface area contributed by atoms with Gasteiger partial charge in [-0.3, -0.25) is 9.69 Å². The Morgan fingerprint density at radius 3 is 2.78 bits per heavy atom. The molecule has 1 aromatic carbocycles.